The molecule has 0 saturated heterocycles. The summed E-state index contributed by atoms with van der Waals surface area (Å²) in [5.74, 6) is 0.718. The van der Waals surface area contributed by atoms with E-state index in [2.05, 4.69) is 182 Å². The van der Waals surface area contributed by atoms with Crippen LogP contribution in [0.4, 0.5) is 0 Å². The lowest BCUT2D eigenvalue weighted by Gasteiger charge is -2.13. The first kappa shape index (κ1) is 27.9. The molecule has 0 fully saturated rings. The highest BCUT2D eigenvalue weighted by Crippen LogP contribution is 2.36. The van der Waals surface area contributed by atoms with Crippen LogP contribution in [-0.2, 0) is 0 Å². The van der Waals surface area contributed by atoms with Crippen LogP contribution < -0.4 is 0 Å². The molecular formula is C46H30N2. The van der Waals surface area contributed by atoms with E-state index in [1.165, 1.54) is 38.4 Å². The molecule has 48 heavy (non-hydrogen) atoms. The zero-order chi connectivity index (χ0) is 31.9. The van der Waals surface area contributed by atoms with Gasteiger partial charge in [-0.15, -0.1) is 0 Å². The van der Waals surface area contributed by atoms with Crippen molar-refractivity contribution in [3.63, 3.8) is 0 Å². The maximum atomic E-state index is 5.28. The Labute approximate surface area is 279 Å². The summed E-state index contributed by atoms with van der Waals surface area (Å²) in [6.45, 7) is 0. The Bertz CT molecular complexity index is 2620. The SMILES string of the molecule is c1ccc(-c2cccc(-c3cccc(-c4cccc(-c5nc(-c6ccc7ccccc7c6)c6ccc7ccccc7c6n5)c4)c3)c2)cc1. The summed E-state index contributed by atoms with van der Waals surface area (Å²) in [6.07, 6.45) is 0. The molecule has 0 saturated carbocycles. The smallest absolute Gasteiger partial charge is 0.160 e. The van der Waals surface area contributed by atoms with E-state index in [0.717, 1.165) is 50.1 Å². The van der Waals surface area contributed by atoms with Gasteiger partial charge in [0.1, 0.15) is 0 Å². The van der Waals surface area contributed by atoms with Crippen LogP contribution in [0.2, 0.25) is 0 Å². The van der Waals surface area contributed by atoms with E-state index in [4.69, 9.17) is 9.97 Å². The van der Waals surface area contributed by atoms with Gasteiger partial charge in [-0.1, -0.05) is 152 Å². The quantitative estimate of drug-likeness (QED) is 0.181. The first-order chi connectivity index (χ1) is 23.8. The zero-order valence-electron chi connectivity index (χ0n) is 26.2. The van der Waals surface area contributed by atoms with Gasteiger partial charge in [-0.25, -0.2) is 9.97 Å². The van der Waals surface area contributed by atoms with Gasteiger partial charge in [0.25, 0.3) is 0 Å². The first-order valence-electron chi connectivity index (χ1n) is 16.3. The fourth-order valence-corrected chi connectivity index (χ4v) is 6.77. The van der Waals surface area contributed by atoms with Crippen LogP contribution >= 0.6 is 0 Å². The summed E-state index contributed by atoms with van der Waals surface area (Å²) in [5.41, 5.74) is 11.1. The van der Waals surface area contributed by atoms with Crippen LogP contribution in [0, 0.1) is 0 Å². The van der Waals surface area contributed by atoms with Gasteiger partial charge in [-0.2, -0.15) is 0 Å². The van der Waals surface area contributed by atoms with Crippen LogP contribution in [0.25, 0.3) is 88.5 Å². The number of fused-ring (bicyclic) bond motifs is 4. The molecule has 9 aromatic rings. The molecule has 0 radical (unpaired) electrons. The highest BCUT2D eigenvalue weighted by Gasteiger charge is 2.15. The second-order valence-electron chi connectivity index (χ2n) is 12.2. The van der Waals surface area contributed by atoms with Gasteiger partial charge in [-0.3, -0.25) is 0 Å². The van der Waals surface area contributed by atoms with Gasteiger partial charge in [0.15, 0.2) is 5.82 Å². The van der Waals surface area contributed by atoms with E-state index >= 15 is 0 Å². The summed E-state index contributed by atoms with van der Waals surface area (Å²) in [4.78, 5) is 10.5. The monoisotopic (exact) mass is 610 g/mol. The van der Waals surface area contributed by atoms with Crippen LogP contribution in [0.5, 0.6) is 0 Å². The molecule has 0 unspecified atom stereocenters. The number of hydrogen-bond acceptors (Lipinski definition) is 2. The van der Waals surface area contributed by atoms with Crippen molar-refractivity contribution in [2.45, 2.75) is 0 Å². The van der Waals surface area contributed by atoms with Crippen molar-refractivity contribution in [1.82, 2.24) is 9.97 Å². The van der Waals surface area contributed by atoms with Crippen molar-refractivity contribution >= 4 is 32.4 Å². The summed E-state index contributed by atoms with van der Waals surface area (Å²) < 4.78 is 0. The van der Waals surface area contributed by atoms with Gasteiger partial charge in [-0.05, 0) is 79.9 Å². The van der Waals surface area contributed by atoms with Crippen LogP contribution in [0.3, 0.4) is 0 Å². The number of hydrogen-bond donors (Lipinski definition) is 0. The van der Waals surface area contributed by atoms with Crippen molar-refractivity contribution in [3.8, 4) is 56.0 Å². The Kier molecular flexibility index (Phi) is 6.84. The molecule has 8 aromatic carbocycles. The average molecular weight is 611 g/mol. The lowest BCUT2D eigenvalue weighted by atomic mass is 9.95. The molecule has 0 aliphatic heterocycles. The van der Waals surface area contributed by atoms with Gasteiger partial charge in [0.05, 0.1) is 11.2 Å². The second-order valence-corrected chi connectivity index (χ2v) is 12.2. The third-order valence-electron chi connectivity index (χ3n) is 9.23. The van der Waals surface area contributed by atoms with Crippen LogP contribution in [0.15, 0.2) is 182 Å². The Balaban J connectivity index is 1.17. The molecule has 9 rings (SSSR count). The topological polar surface area (TPSA) is 25.8 Å². The number of rotatable bonds is 5. The molecule has 224 valence electrons. The van der Waals surface area contributed by atoms with Gasteiger partial charge < -0.3 is 0 Å². The fourth-order valence-electron chi connectivity index (χ4n) is 6.77. The Hall–Kier alpha value is -6.38. The molecule has 0 aliphatic carbocycles. The van der Waals surface area contributed by atoms with Crippen molar-refractivity contribution in [2.24, 2.45) is 0 Å². The first-order valence-corrected chi connectivity index (χ1v) is 16.3. The molecule has 2 nitrogen and oxygen atoms in total. The van der Waals surface area contributed by atoms with Crippen molar-refractivity contribution in [1.29, 1.82) is 0 Å². The molecular weight excluding hydrogens is 581 g/mol. The van der Waals surface area contributed by atoms with E-state index in [1.807, 2.05) is 0 Å². The molecule has 2 heteroatoms. The van der Waals surface area contributed by atoms with Gasteiger partial charge in [0, 0.05) is 21.9 Å². The Morgan fingerprint density at radius 1 is 0.271 bits per heavy atom. The predicted octanol–water partition coefficient (Wildman–Crippen LogP) is 12.3. The van der Waals surface area contributed by atoms with E-state index in [-0.39, 0.29) is 0 Å². The normalized spacial score (nSPS) is 11.3. The lowest BCUT2D eigenvalue weighted by molar-refractivity contribution is 1.23. The maximum Gasteiger partial charge on any atom is 0.160 e. The van der Waals surface area contributed by atoms with Crippen molar-refractivity contribution in [2.75, 3.05) is 0 Å². The summed E-state index contributed by atoms with van der Waals surface area (Å²) in [7, 11) is 0. The van der Waals surface area contributed by atoms with Crippen molar-refractivity contribution < 1.29 is 0 Å². The van der Waals surface area contributed by atoms with Crippen LogP contribution in [0.1, 0.15) is 0 Å². The summed E-state index contributed by atoms with van der Waals surface area (Å²) >= 11 is 0. The van der Waals surface area contributed by atoms with E-state index in [0.29, 0.717) is 0 Å². The third-order valence-corrected chi connectivity index (χ3v) is 9.23. The maximum absolute atomic E-state index is 5.28. The Morgan fingerprint density at radius 3 is 1.50 bits per heavy atom. The van der Waals surface area contributed by atoms with Gasteiger partial charge >= 0.3 is 0 Å². The minimum Gasteiger partial charge on any atom is -0.227 e. The molecule has 1 aromatic heterocycles. The van der Waals surface area contributed by atoms with E-state index in [1.54, 1.807) is 0 Å². The zero-order valence-corrected chi connectivity index (χ0v) is 26.2. The highest BCUT2D eigenvalue weighted by atomic mass is 14.9. The minimum absolute atomic E-state index is 0.718. The van der Waals surface area contributed by atoms with Gasteiger partial charge in [0.2, 0.25) is 0 Å². The molecule has 1 heterocycles. The second kappa shape index (κ2) is 11.8. The molecule has 0 amide bonds. The predicted molar refractivity (Wildman–Crippen MR) is 202 cm³/mol. The third kappa shape index (κ3) is 5.10. The molecule has 0 bridgehead atoms. The molecule has 0 aliphatic rings. The minimum atomic E-state index is 0.718. The Morgan fingerprint density at radius 2 is 0.792 bits per heavy atom. The van der Waals surface area contributed by atoms with Crippen molar-refractivity contribution in [3.05, 3.63) is 182 Å². The summed E-state index contributed by atoms with van der Waals surface area (Å²) in [6, 6.07) is 64.6. The molecule has 0 N–H and O–H groups in total. The number of benzene rings is 8. The van der Waals surface area contributed by atoms with E-state index in [9.17, 15) is 0 Å². The standard InChI is InChI=1S/C46H30N2/c1-2-11-31(12-3-1)35-16-8-17-36(27-35)37-18-9-19-38(28-37)39-20-10-21-41(30-39)46-47-44(40-24-23-32-13-4-5-15-34(32)29-40)43-26-25-33-14-6-7-22-42(33)45(43)48-46/h1-30H. The molecule has 0 atom stereocenters. The number of nitrogens with zero attached hydrogens (tertiary/aromatic N) is 2. The van der Waals surface area contributed by atoms with E-state index < -0.39 is 0 Å². The summed E-state index contributed by atoms with van der Waals surface area (Å²) in [5, 5.41) is 5.75. The molecule has 0 spiro atoms. The lowest BCUT2D eigenvalue weighted by Crippen LogP contribution is -1.96. The fraction of sp³-hybridized carbons (Fsp3) is 0. The average Bonchev–Trinajstić information content (AvgIpc) is 3.17. The largest absolute Gasteiger partial charge is 0.227 e. The number of aromatic nitrogens is 2. The highest BCUT2D eigenvalue weighted by molar-refractivity contribution is 6.10. The van der Waals surface area contributed by atoms with Crippen LogP contribution in [-0.4, -0.2) is 9.97 Å².